The summed E-state index contributed by atoms with van der Waals surface area (Å²) in [5, 5.41) is 10.1. The van der Waals surface area contributed by atoms with Crippen LogP contribution in [0.5, 0.6) is 0 Å². The van der Waals surface area contributed by atoms with Gasteiger partial charge in [-0.3, -0.25) is 9.36 Å². The van der Waals surface area contributed by atoms with E-state index in [1.54, 1.807) is 6.92 Å². The molecule has 0 radical (unpaired) electrons. The minimum absolute atomic E-state index is 0.0256. The van der Waals surface area contributed by atoms with Crippen molar-refractivity contribution in [2.24, 2.45) is 0 Å². The van der Waals surface area contributed by atoms with Crippen molar-refractivity contribution < 1.29 is 18.3 Å². The number of nitriles is 1. The van der Waals surface area contributed by atoms with Gasteiger partial charge in [0.05, 0.1) is 17.0 Å². The summed E-state index contributed by atoms with van der Waals surface area (Å²) in [6.45, 7) is 2.11. The number of hydrogen-bond donors (Lipinski definition) is 1. The van der Waals surface area contributed by atoms with Crippen LogP contribution in [-0.2, 0) is 11.3 Å². The molecule has 2 aromatic rings. The maximum absolute atomic E-state index is 14.6. The molecule has 9 heteroatoms. The molecule has 3 rings (SSSR count). The van der Waals surface area contributed by atoms with E-state index in [-0.39, 0.29) is 24.5 Å². The first-order valence-electron chi connectivity index (χ1n) is 7.02. The lowest BCUT2D eigenvalue weighted by Gasteiger charge is -2.15. The average Bonchev–Trinajstić information content (AvgIpc) is 3.03. The van der Waals surface area contributed by atoms with Gasteiger partial charge in [0.15, 0.2) is 11.6 Å². The monoisotopic (exact) mass is 353 g/mol. The van der Waals surface area contributed by atoms with Gasteiger partial charge in [-0.1, -0.05) is 11.6 Å². The van der Waals surface area contributed by atoms with E-state index in [0.29, 0.717) is 6.54 Å². The van der Waals surface area contributed by atoms with E-state index in [4.69, 9.17) is 21.6 Å². The van der Waals surface area contributed by atoms with Crippen LogP contribution in [0.1, 0.15) is 22.8 Å². The van der Waals surface area contributed by atoms with E-state index in [0.717, 1.165) is 4.57 Å². The molecular weight excluding hydrogens is 344 g/mol. The minimum atomic E-state index is -1.34. The number of hydrogen-bond acceptors (Lipinski definition) is 5. The number of carbonyl (C=O) groups excluding carboxylic acids is 1. The highest BCUT2D eigenvalue weighted by Crippen LogP contribution is 2.36. The van der Waals surface area contributed by atoms with Gasteiger partial charge >= 0.3 is 5.97 Å². The van der Waals surface area contributed by atoms with Gasteiger partial charge in [0, 0.05) is 18.5 Å². The second-order valence-electron chi connectivity index (χ2n) is 5.01. The van der Waals surface area contributed by atoms with Gasteiger partial charge in [-0.2, -0.15) is 5.26 Å². The largest absolute Gasteiger partial charge is 0.462 e. The fourth-order valence-electron chi connectivity index (χ4n) is 2.77. The molecular formula is C15H10ClF2N3O3. The molecule has 0 fully saturated rings. The summed E-state index contributed by atoms with van der Waals surface area (Å²) in [6, 6.07) is 1.35. The zero-order valence-corrected chi connectivity index (χ0v) is 13.1. The summed E-state index contributed by atoms with van der Waals surface area (Å²) in [5.74, 6) is -3.44. The van der Waals surface area contributed by atoms with Gasteiger partial charge in [0.2, 0.25) is 0 Å². The van der Waals surface area contributed by atoms with Crippen molar-refractivity contribution in [3.63, 3.8) is 0 Å². The van der Waals surface area contributed by atoms with Crippen LogP contribution in [0.3, 0.4) is 0 Å². The van der Waals surface area contributed by atoms with E-state index in [1.165, 1.54) is 6.07 Å². The molecule has 0 unspecified atom stereocenters. The molecule has 1 aliphatic heterocycles. The number of benzene rings is 1. The van der Waals surface area contributed by atoms with Crippen LogP contribution in [0.4, 0.5) is 14.6 Å². The first-order valence-corrected chi connectivity index (χ1v) is 7.39. The Labute approximate surface area is 139 Å². The lowest BCUT2D eigenvalue weighted by Crippen LogP contribution is -2.23. The molecule has 124 valence electrons. The van der Waals surface area contributed by atoms with E-state index in [1.807, 2.05) is 0 Å². The van der Waals surface area contributed by atoms with Crippen molar-refractivity contribution in [2.45, 2.75) is 13.5 Å². The number of pyridine rings is 1. The summed E-state index contributed by atoms with van der Waals surface area (Å²) in [4.78, 5) is 24.9. The number of nitrogens with zero attached hydrogens (tertiary/aromatic N) is 2. The molecule has 0 aliphatic carbocycles. The third kappa shape index (κ3) is 2.05. The third-order valence-electron chi connectivity index (χ3n) is 3.76. The SMILES string of the molecule is CCOC(=O)c1c2n(c(=O)c3c(F)c(C#N)c(F)c(Cl)c13)CCN2. The maximum atomic E-state index is 14.6. The Hall–Kier alpha value is -2.66. The number of nitrogens with one attached hydrogen (secondary N) is 1. The van der Waals surface area contributed by atoms with Crippen LogP contribution < -0.4 is 10.9 Å². The minimum Gasteiger partial charge on any atom is -0.462 e. The topological polar surface area (TPSA) is 84.1 Å². The van der Waals surface area contributed by atoms with Crippen LogP contribution in [-0.4, -0.2) is 23.7 Å². The molecule has 1 N–H and O–H groups in total. The van der Waals surface area contributed by atoms with Gasteiger partial charge in [0.1, 0.15) is 23.0 Å². The highest BCUT2D eigenvalue weighted by atomic mass is 35.5. The van der Waals surface area contributed by atoms with Gasteiger partial charge in [-0.15, -0.1) is 0 Å². The highest BCUT2D eigenvalue weighted by Gasteiger charge is 2.32. The molecule has 0 saturated carbocycles. The second kappa shape index (κ2) is 5.76. The Morgan fingerprint density at radius 3 is 2.75 bits per heavy atom. The molecule has 0 amide bonds. The molecule has 2 heterocycles. The van der Waals surface area contributed by atoms with E-state index >= 15 is 0 Å². The summed E-state index contributed by atoms with van der Waals surface area (Å²) in [6.07, 6.45) is 0. The number of carbonyl (C=O) groups is 1. The first kappa shape index (κ1) is 16.2. The van der Waals surface area contributed by atoms with Crippen LogP contribution in [0.2, 0.25) is 5.02 Å². The molecule has 0 saturated heterocycles. The molecule has 24 heavy (non-hydrogen) atoms. The predicted octanol–water partition coefficient (Wildman–Crippen LogP) is 2.41. The fraction of sp³-hybridized carbons (Fsp3) is 0.267. The second-order valence-corrected chi connectivity index (χ2v) is 5.38. The van der Waals surface area contributed by atoms with Crippen molar-refractivity contribution in [3.8, 4) is 6.07 Å². The number of anilines is 1. The van der Waals surface area contributed by atoms with Gasteiger partial charge in [0.25, 0.3) is 5.56 Å². The van der Waals surface area contributed by atoms with E-state index in [2.05, 4.69) is 5.32 Å². The number of esters is 1. The Balaban J connectivity index is 2.60. The quantitative estimate of drug-likeness (QED) is 0.662. The van der Waals surface area contributed by atoms with Crippen molar-refractivity contribution in [3.05, 3.63) is 38.1 Å². The molecule has 1 aromatic carbocycles. The normalized spacial score (nSPS) is 12.6. The summed E-state index contributed by atoms with van der Waals surface area (Å²) >= 11 is 5.93. The van der Waals surface area contributed by atoms with E-state index < -0.39 is 44.5 Å². The lowest BCUT2D eigenvalue weighted by molar-refractivity contribution is 0.0529. The molecule has 1 aliphatic rings. The van der Waals surface area contributed by atoms with Crippen molar-refractivity contribution in [1.82, 2.24) is 4.57 Å². The molecule has 0 spiro atoms. The lowest BCUT2D eigenvalue weighted by atomic mass is 10.0. The van der Waals surface area contributed by atoms with Crippen molar-refractivity contribution in [1.29, 1.82) is 5.26 Å². The Bertz CT molecular complexity index is 995. The third-order valence-corrected chi connectivity index (χ3v) is 4.11. The predicted molar refractivity (Wildman–Crippen MR) is 82.3 cm³/mol. The van der Waals surface area contributed by atoms with Crippen LogP contribution in [0, 0.1) is 23.0 Å². The molecule has 0 bridgehead atoms. The number of aromatic nitrogens is 1. The van der Waals surface area contributed by atoms with E-state index in [9.17, 15) is 18.4 Å². The Kier molecular flexibility index (Phi) is 3.89. The zero-order valence-electron chi connectivity index (χ0n) is 12.4. The zero-order chi connectivity index (χ0) is 17.6. The van der Waals surface area contributed by atoms with Gasteiger partial charge < -0.3 is 10.1 Å². The highest BCUT2D eigenvalue weighted by molar-refractivity contribution is 6.37. The number of ether oxygens (including phenoxy) is 1. The number of halogens is 3. The van der Waals surface area contributed by atoms with Crippen molar-refractivity contribution in [2.75, 3.05) is 18.5 Å². The van der Waals surface area contributed by atoms with Crippen LogP contribution in [0.15, 0.2) is 4.79 Å². The maximum Gasteiger partial charge on any atom is 0.342 e. The number of rotatable bonds is 2. The number of fused-ring (bicyclic) bond motifs is 2. The molecule has 6 nitrogen and oxygen atoms in total. The van der Waals surface area contributed by atoms with Gasteiger partial charge in [-0.05, 0) is 6.92 Å². The standard InChI is InChI=1S/C15H10ClF2N3O3/c1-2-24-15(23)9-7-8(14(22)21-4-3-20-13(9)21)11(17)6(5-19)12(18)10(7)16/h20H,2-4H2,1H3. The first-order chi connectivity index (χ1) is 11.4. The fourth-order valence-corrected chi connectivity index (χ4v) is 3.05. The average molecular weight is 354 g/mol. The van der Waals surface area contributed by atoms with Gasteiger partial charge in [-0.25, -0.2) is 13.6 Å². The summed E-state index contributed by atoms with van der Waals surface area (Å²) < 4.78 is 34.9. The summed E-state index contributed by atoms with van der Waals surface area (Å²) in [7, 11) is 0. The molecule has 1 aromatic heterocycles. The van der Waals surface area contributed by atoms with Crippen molar-refractivity contribution >= 4 is 34.2 Å². The summed E-state index contributed by atoms with van der Waals surface area (Å²) in [5.41, 5.74) is -1.99. The van der Waals surface area contributed by atoms with Crippen LogP contribution in [0.25, 0.3) is 10.8 Å². The Morgan fingerprint density at radius 2 is 2.12 bits per heavy atom. The molecule has 0 atom stereocenters. The Morgan fingerprint density at radius 1 is 1.42 bits per heavy atom. The van der Waals surface area contributed by atoms with Crippen LogP contribution >= 0.6 is 11.6 Å². The smallest absolute Gasteiger partial charge is 0.342 e.